The summed E-state index contributed by atoms with van der Waals surface area (Å²) in [5.41, 5.74) is -4.32. The standard InChI is InChI=1S/C15H5BrClF3N6O2S/c16-12-22-7(4-29-12)10(27)25-14(15(18,19)20)11(28)24-13-23-9-5(3-21)6(17)1-2-8(9)26(13)14/h1-2,4H,(H,25,27)(H,23,24,28). The van der Waals surface area contributed by atoms with Crippen molar-refractivity contribution in [3.8, 4) is 6.07 Å². The van der Waals surface area contributed by atoms with Crippen LogP contribution in [-0.4, -0.2) is 32.5 Å². The van der Waals surface area contributed by atoms with E-state index in [9.17, 15) is 28.0 Å². The van der Waals surface area contributed by atoms with Gasteiger partial charge in [0.25, 0.3) is 17.5 Å². The Balaban J connectivity index is 1.97. The summed E-state index contributed by atoms with van der Waals surface area (Å²) in [6, 6.07) is 4.16. The molecule has 1 unspecified atom stereocenters. The molecule has 0 spiro atoms. The molecule has 3 heterocycles. The lowest BCUT2D eigenvalue weighted by atomic mass is 10.1. The van der Waals surface area contributed by atoms with Crippen molar-refractivity contribution in [2.45, 2.75) is 11.8 Å². The first-order valence-electron chi connectivity index (χ1n) is 7.53. The number of nitriles is 1. The van der Waals surface area contributed by atoms with Crippen LogP contribution in [0.25, 0.3) is 11.0 Å². The minimum Gasteiger partial charge on any atom is -0.312 e. The summed E-state index contributed by atoms with van der Waals surface area (Å²) in [6.07, 6.45) is -5.26. The molecule has 0 aliphatic carbocycles. The normalized spacial score (nSPS) is 18.4. The number of hydrogen-bond acceptors (Lipinski definition) is 6. The summed E-state index contributed by atoms with van der Waals surface area (Å²) >= 11 is 9.93. The van der Waals surface area contributed by atoms with Crippen molar-refractivity contribution in [1.29, 1.82) is 5.26 Å². The molecular formula is C15H5BrClF3N6O2S. The number of amides is 2. The van der Waals surface area contributed by atoms with Crippen molar-refractivity contribution in [1.82, 2.24) is 19.9 Å². The van der Waals surface area contributed by atoms with Crippen molar-refractivity contribution >= 4 is 67.7 Å². The number of anilines is 1. The third-order valence-electron chi connectivity index (χ3n) is 4.19. The summed E-state index contributed by atoms with van der Waals surface area (Å²) in [4.78, 5) is 32.6. The molecule has 1 aliphatic heterocycles. The van der Waals surface area contributed by atoms with Crippen LogP contribution in [-0.2, 0) is 10.5 Å². The van der Waals surface area contributed by atoms with Crippen molar-refractivity contribution in [2.24, 2.45) is 0 Å². The monoisotopic (exact) mass is 504 g/mol. The number of hydrogen-bond donors (Lipinski definition) is 2. The van der Waals surface area contributed by atoms with Gasteiger partial charge in [-0.05, 0) is 28.1 Å². The van der Waals surface area contributed by atoms with Gasteiger partial charge >= 0.3 is 6.18 Å². The van der Waals surface area contributed by atoms with Gasteiger partial charge in [0, 0.05) is 5.38 Å². The number of benzene rings is 1. The molecule has 0 bridgehead atoms. The van der Waals surface area contributed by atoms with Gasteiger partial charge < -0.3 is 5.32 Å². The molecule has 2 aromatic heterocycles. The van der Waals surface area contributed by atoms with Crippen molar-refractivity contribution in [3.63, 3.8) is 0 Å². The zero-order valence-electron chi connectivity index (χ0n) is 13.6. The molecule has 0 fully saturated rings. The van der Waals surface area contributed by atoms with Crippen molar-refractivity contribution in [3.05, 3.63) is 37.7 Å². The van der Waals surface area contributed by atoms with Crippen LogP contribution in [0.3, 0.4) is 0 Å². The lowest BCUT2D eigenvalue weighted by molar-refractivity contribution is -0.213. The number of nitrogens with zero attached hydrogens (tertiary/aromatic N) is 4. The number of fused-ring (bicyclic) bond motifs is 3. The van der Waals surface area contributed by atoms with E-state index >= 15 is 0 Å². The highest BCUT2D eigenvalue weighted by molar-refractivity contribution is 9.11. The van der Waals surface area contributed by atoms with Crippen LogP contribution >= 0.6 is 38.9 Å². The largest absolute Gasteiger partial charge is 0.440 e. The van der Waals surface area contributed by atoms with E-state index in [2.05, 4.69) is 25.9 Å². The van der Waals surface area contributed by atoms with Crippen molar-refractivity contribution < 1.29 is 22.8 Å². The number of halogens is 5. The fourth-order valence-electron chi connectivity index (χ4n) is 2.97. The number of carbonyl (C=O) groups is 2. The predicted octanol–water partition coefficient (Wildman–Crippen LogP) is 3.38. The van der Waals surface area contributed by atoms with Crippen molar-refractivity contribution in [2.75, 3.05) is 5.32 Å². The molecule has 2 amide bonds. The van der Waals surface area contributed by atoms with Crippen LogP contribution in [0.4, 0.5) is 19.1 Å². The number of nitrogens with one attached hydrogen (secondary N) is 2. The molecule has 1 atom stereocenters. The average Bonchev–Trinajstić information content (AvgIpc) is 3.28. The van der Waals surface area contributed by atoms with Gasteiger partial charge in [-0.15, -0.1) is 11.3 Å². The molecule has 4 rings (SSSR count). The summed E-state index contributed by atoms with van der Waals surface area (Å²) < 4.78 is 43.5. The predicted molar refractivity (Wildman–Crippen MR) is 99.4 cm³/mol. The first-order valence-corrected chi connectivity index (χ1v) is 9.58. The molecule has 29 heavy (non-hydrogen) atoms. The first kappa shape index (κ1) is 19.6. The second-order valence-corrected chi connectivity index (χ2v) is 8.32. The van der Waals surface area contributed by atoms with Gasteiger partial charge in [0.2, 0.25) is 5.95 Å². The van der Waals surface area contributed by atoms with Crippen LogP contribution in [0, 0.1) is 11.3 Å². The van der Waals surface area contributed by atoms with E-state index in [4.69, 9.17) is 11.6 Å². The van der Waals surface area contributed by atoms with Crippen LogP contribution in [0.5, 0.6) is 0 Å². The summed E-state index contributed by atoms with van der Waals surface area (Å²) in [5, 5.41) is 14.3. The Bertz CT molecular complexity index is 1250. The van der Waals surface area contributed by atoms with Gasteiger partial charge in [0.05, 0.1) is 16.1 Å². The average molecular weight is 506 g/mol. The lowest BCUT2D eigenvalue weighted by Gasteiger charge is -2.31. The number of alkyl halides is 3. The lowest BCUT2D eigenvalue weighted by Crippen LogP contribution is -2.63. The Morgan fingerprint density at radius 1 is 1.41 bits per heavy atom. The smallest absolute Gasteiger partial charge is 0.312 e. The zero-order chi connectivity index (χ0) is 21.1. The highest BCUT2D eigenvalue weighted by atomic mass is 79.9. The third kappa shape index (κ3) is 2.70. The number of thiazole rings is 1. The molecule has 1 aliphatic rings. The SMILES string of the molecule is N#Cc1c(Cl)ccc2c1nc1n2C(NC(=O)c2csc(Br)n2)(C(F)(F)F)C(=O)N1. The quantitative estimate of drug-likeness (QED) is 0.554. The second kappa shape index (κ2) is 6.41. The Labute approximate surface area is 176 Å². The highest BCUT2D eigenvalue weighted by Gasteiger charge is 2.68. The number of rotatable bonds is 2. The Kier molecular flexibility index (Phi) is 4.34. The van der Waals surface area contributed by atoms with E-state index in [1.807, 2.05) is 5.32 Å². The molecule has 1 aromatic carbocycles. The molecule has 148 valence electrons. The maximum Gasteiger partial charge on any atom is 0.440 e. The highest BCUT2D eigenvalue weighted by Crippen LogP contribution is 2.45. The summed E-state index contributed by atoms with van der Waals surface area (Å²) in [7, 11) is 0. The van der Waals surface area contributed by atoms with E-state index in [1.54, 1.807) is 11.4 Å². The molecule has 0 radical (unpaired) electrons. The van der Waals surface area contributed by atoms with E-state index in [-0.39, 0.29) is 31.2 Å². The Hall–Kier alpha value is -2.69. The molecule has 0 saturated carbocycles. The van der Waals surface area contributed by atoms with Crippen LogP contribution in [0.2, 0.25) is 5.02 Å². The minimum atomic E-state index is -5.26. The zero-order valence-corrected chi connectivity index (χ0v) is 16.8. The van der Waals surface area contributed by atoms with Crippen LogP contribution in [0.15, 0.2) is 21.4 Å². The summed E-state index contributed by atoms with van der Waals surface area (Å²) in [5.74, 6) is -3.25. The van der Waals surface area contributed by atoms with Gasteiger partial charge in [0.15, 0.2) is 3.92 Å². The number of aromatic nitrogens is 3. The van der Waals surface area contributed by atoms with Gasteiger partial charge in [-0.1, -0.05) is 11.6 Å². The number of carbonyl (C=O) groups excluding carboxylic acids is 2. The van der Waals surface area contributed by atoms with Gasteiger partial charge in [-0.25, -0.2) is 9.97 Å². The van der Waals surface area contributed by atoms with E-state index in [0.717, 1.165) is 11.3 Å². The molecule has 8 nitrogen and oxygen atoms in total. The van der Waals surface area contributed by atoms with Crippen LogP contribution < -0.4 is 10.6 Å². The molecular weight excluding hydrogens is 501 g/mol. The number of imidazole rings is 1. The van der Waals surface area contributed by atoms with Gasteiger partial charge in [-0.3, -0.25) is 19.5 Å². The molecule has 0 saturated heterocycles. The molecule has 14 heteroatoms. The molecule has 3 aromatic rings. The van der Waals surface area contributed by atoms with E-state index in [1.165, 1.54) is 17.5 Å². The second-order valence-electron chi connectivity index (χ2n) is 5.77. The topological polar surface area (TPSA) is 113 Å². The fourth-order valence-corrected chi connectivity index (χ4v) is 4.15. The minimum absolute atomic E-state index is 0.0166. The Morgan fingerprint density at radius 3 is 2.72 bits per heavy atom. The van der Waals surface area contributed by atoms with E-state index < -0.39 is 29.6 Å². The van der Waals surface area contributed by atoms with Gasteiger partial charge in [0.1, 0.15) is 17.3 Å². The maximum atomic E-state index is 14.3. The third-order valence-corrected chi connectivity index (χ3v) is 5.87. The fraction of sp³-hybridized carbons (Fsp3) is 0.133. The first-order chi connectivity index (χ1) is 13.6. The summed E-state index contributed by atoms with van der Waals surface area (Å²) in [6.45, 7) is 0. The van der Waals surface area contributed by atoms with Gasteiger partial charge in [-0.2, -0.15) is 18.4 Å². The Morgan fingerprint density at radius 2 is 2.14 bits per heavy atom. The molecule has 2 N–H and O–H groups in total. The maximum absolute atomic E-state index is 14.3. The van der Waals surface area contributed by atoms with Crippen LogP contribution in [0.1, 0.15) is 16.1 Å². The van der Waals surface area contributed by atoms with E-state index in [0.29, 0.717) is 4.57 Å².